The Hall–Kier alpha value is -2.49. The highest BCUT2D eigenvalue weighted by Gasteiger charge is 2.47. The predicted octanol–water partition coefficient (Wildman–Crippen LogP) is 3.82. The lowest BCUT2D eigenvalue weighted by atomic mass is 9.80. The number of methoxy groups -OCH3 is 2. The highest BCUT2D eigenvalue weighted by Crippen LogP contribution is 2.45. The van der Waals surface area contributed by atoms with Crippen molar-refractivity contribution in [3.8, 4) is 11.5 Å². The molecule has 0 unspecified atom stereocenters. The number of ether oxygens (including phenoxy) is 2. The Bertz CT molecular complexity index is 679. The fraction of sp³-hybridized carbons (Fsp3) is 0.316. The summed E-state index contributed by atoms with van der Waals surface area (Å²) in [7, 11) is 3.29. The fourth-order valence-corrected chi connectivity index (χ4v) is 3.16. The second-order valence-electron chi connectivity index (χ2n) is 5.64. The van der Waals surface area contributed by atoms with Crippen LogP contribution in [0, 0.1) is 5.92 Å². The lowest BCUT2D eigenvalue weighted by molar-refractivity contribution is -0.130. The second-order valence-corrected chi connectivity index (χ2v) is 5.64. The minimum absolute atomic E-state index is 0.0329. The predicted molar refractivity (Wildman–Crippen MR) is 90.0 cm³/mol. The van der Waals surface area contributed by atoms with Gasteiger partial charge < -0.3 is 14.4 Å². The highest BCUT2D eigenvalue weighted by molar-refractivity contribution is 6.03. The maximum absolute atomic E-state index is 12.5. The van der Waals surface area contributed by atoms with Gasteiger partial charge in [-0.2, -0.15) is 0 Å². The zero-order chi connectivity index (χ0) is 16.4. The van der Waals surface area contributed by atoms with E-state index in [4.69, 9.17) is 9.47 Å². The number of amides is 1. The molecule has 0 saturated carbocycles. The molecule has 2 aromatic rings. The molecule has 0 radical (unpaired) electrons. The Morgan fingerprint density at radius 1 is 0.913 bits per heavy atom. The maximum atomic E-state index is 12.5. The van der Waals surface area contributed by atoms with Crippen molar-refractivity contribution in [2.24, 2.45) is 5.92 Å². The van der Waals surface area contributed by atoms with E-state index >= 15 is 0 Å². The summed E-state index contributed by atoms with van der Waals surface area (Å²) in [6.45, 7) is 2.06. The van der Waals surface area contributed by atoms with Crippen LogP contribution in [0.4, 0.5) is 5.69 Å². The van der Waals surface area contributed by atoms with Crippen LogP contribution in [0.1, 0.15) is 24.9 Å². The summed E-state index contributed by atoms with van der Waals surface area (Å²) >= 11 is 0. The van der Waals surface area contributed by atoms with Gasteiger partial charge in [0.05, 0.1) is 26.2 Å². The van der Waals surface area contributed by atoms with Gasteiger partial charge in [-0.15, -0.1) is 0 Å². The smallest absolute Gasteiger partial charge is 0.233 e. The van der Waals surface area contributed by atoms with E-state index in [0.717, 1.165) is 29.2 Å². The average Bonchev–Trinajstić information content (AvgIpc) is 2.61. The number of nitrogens with zero attached hydrogens (tertiary/aromatic N) is 1. The SMILES string of the molecule is CC[C@@H]1C(=O)N(c2ccc(OC)cc2)[C@@H]1c1ccc(OC)cc1. The van der Waals surface area contributed by atoms with Crippen molar-refractivity contribution in [3.63, 3.8) is 0 Å². The second kappa shape index (κ2) is 6.32. The summed E-state index contributed by atoms with van der Waals surface area (Å²) in [6.07, 6.45) is 0.835. The van der Waals surface area contributed by atoms with Crippen molar-refractivity contribution in [2.45, 2.75) is 19.4 Å². The van der Waals surface area contributed by atoms with Crippen LogP contribution < -0.4 is 14.4 Å². The quantitative estimate of drug-likeness (QED) is 0.788. The summed E-state index contributed by atoms with van der Waals surface area (Å²) in [5.41, 5.74) is 2.04. The number of rotatable bonds is 5. The molecular formula is C19H21NO3. The number of anilines is 1. The van der Waals surface area contributed by atoms with Crippen molar-refractivity contribution in [1.29, 1.82) is 0 Å². The zero-order valence-electron chi connectivity index (χ0n) is 13.7. The molecule has 3 rings (SSSR count). The number of carbonyl (C=O) groups excluding carboxylic acids is 1. The molecule has 1 saturated heterocycles. The highest BCUT2D eigenvalue weighted by atomic mass is 16.5. The van der Waals surface area contributed by atoms with Crippen molar-refractivity contribution < 1.29 is 14.3 Å². The van der Waals surface area contributed by atoms with Gasteiger partial charge in [0.1, 0.15) is 11.5 Å². The number of hydrogen-bond donors (Lipinski definition) is 0. The molecule has 1 aliphatic heterocycles. The normalized spacial score (nSPS) is 20.1. The van der Waals surface area contributed by atoms with E-state index in [1.807, 2.05) is 53.4 Å². The molecule has 2 atom stereocenters. The molecule has 1 fully saturated rings. The van der Waals surface area contributed by atoms with Crippen LogP contribution in [0.25, 0.3) is 0 Å². The van der Waals surface area contributed by atoms with E-state index in [1.165, 1.54) is 0 Å². The molecule has 23 heavy (non-hydrogen) atoms. The van der Waals surface area contributed by atoms with E-state index < -0.39 is 0 Å². The van der Waals surface area contributed by atoms with Gasteiger partial charge in [-0.05, 0) is 48.4 Å². The van der Waals surface area contributed by atoms with Crippen LogP contribution in [-0.2, 0) is 4.79 Å². The third-order valence-electron chi connectivity index (χ3n) is 4.46. The van der Waals surface area contributed by atoms with Crippen molar-refractivity contribution in [3.05, 3.63) is 54.1 Å². The van der Waals surface area contributed by atoms with Gasteiger partial charge in [-0.3, -0.25) is 4.79 Å². The first-order valence-electron chi connectivity index (χ1n) is 7.80. The minimum atomic E-state index is 0.0329. The van der Waals surface area contributed by atoms with Gasteiger partial charge in [0.15, 0.2) is 0 Å². The number of hydrogen-bond acceptors (Lipinski definition) is 3. The summed E-state index contributed by atoms with van der Waals surface area (Å²) < 4.78 is 10.4. The van der Waals surface area contributed by atoms with Crippen LogP contribution in [0.2, 0.25) is 0 Å². The maximum Gasteiger partial charge on any atom is 0.233 e. The minimum Gasteiger partial charge on any atom is -0.497 e. The fourth-order valence-electron chi connectivity index (χ4n) is 3.16. The van der Waals surface area contributed by atoms with E-state index in [0.29, 0.717) is 0 Å². The largest absolute Gasteiger partial charge is 0.497 e. The summed E-state index contributed by atoms with van der Waals surface area (Å²) in [5, 5.41) is 0. The zero-order valence-corrected chi connectivity index (χ0v) is 13.7. The molecule has 4 heteroatoms. The van der Waals surface area contributed by atoms with E-state index in [9.17, 15) is 4.79 Å². The summed E-state index contributed by atoms with van der Waals surface area (Å²) in [6, 6.07) is 15.7. The molecule has 1 heterocycles. The van der Waals surface area contributed by atoms with Gasteiger partial charge in [0.25, 0.3) is 0 Å². The molecule has 1 aliphatic rings. The lowest BCUT2D eigenvalue weighted by Crippen LogP contribution is -2.55. The Morgan fingerprint density at radius 3 is 1.91 bits per heavy atom. The average molecular weight is 311 g/mol. The molecule has 0 spiro atoms. The number of benzene rings is 2. The van der Waals surface area contributed by atoms with Crippen LogP contribution in [0.5, 0.6) is 11.5 Å². The third-order valence-corrected chi connectivity index (χ3v) is 4.46. The Balaban J connectivity index is 1.92. The Kier molecular flexibility index (Phi) is 4.24. The molecule has 0 bridgehead atoms. The van der Waals surface area contributed by atoms with E-state index in [2.05, 4.69) is 6.92 Å². The first-order chi connectivity index (χ1) is 11.2. The molecule has 120 valence electrons. The first kappa shape index (κ1) is 15.4. The molecule has 1 amide bonds. The van der Waals surface area contributed by atoms with Crippen LogP contribution >= 0.6 is 0 Å². The molecule has 2 aromatic carbocycles. The van der Waals surface area contributed by atoms with Crippen molar-refractivity contribution in [2.75, 3.05) is 19.1 Å². The van der Waals surface area contributed by atoms with Gasteiger partial charge in [-0.1, -0.05) is 19.1 Å². The van der Waals surface area contributed by atoms with Crippen LogP contribution in [-0.4, -0.2) is 20.1 Å². The summed E-state index contributed by atoms with van der Waals surface area (Å²) in [5.74, 6) is 1.82. The summed E-state index contributed by atoms with van der Waals surface area (Å²) in [4.78, 5) is 14.4. The Morgan fingerprint density at radius 2 is 1.43 bits per heavy atom. The topological polar surface area (TPSA) is 38.8 Å². The third kappa shape index (κ3) is 2.65. The number of β-lactam (4-membered cyclic amide) rings is 1. The lowest BCUT2D eigenvalue weighted by Gasteiger charge is -2.47. The van der Waals surface area contributed by atoms with E-state index in [-0.39, 0.29) is 17.9 Å². The molecule has 4 nitrogen and oxygen atoms in total. The first-order valence-corrected chi connectivity index (χ1v) is 7.80. The van der Waals surface area contributed by atoms with Gasteiger partial charge >= 0.3 is 0 Å². The number of carbonyl (C=O) groups is 1. The monoisotopic (exact) mass is 311 g/mol. The van der Waals surface area contributed by atoms with Crippen LogP contribution in [0.15, 0.2) is 48.5 Å². The molecule has 0 aliphatic carbocycles. The molecule has 0 aromatic heterocycles. The van der Waals surface area contributed by atoms with E-state index in [1.54, 1.807) is 14.2 Å². The molecular weight excluding hydrogens is 290 g/mol. The van der Waals surface area contributed by atoms with Crippen molar-refractivity contribution in [1.82, 2.24) is 0 Å². The molecule has 0 N–H and O–H groups in total. The standard InChI is InChI=1S/C19H21NO3/c1-4-17-18(13-5-9-15(22-2)10-6-13)20(19(17)21)14-7-11-16(23-3)12-8-14/h5-12,17-18H,4H2,1-3H3/t17-,18+/m0/s1. The van der Waals surface area contributed by atoms with Crippen LogP contribution in [0.3, 0.4) is 0 Å². The Labute approximate surface area is 136 Å². The van der Waals surface area contributed by atoms with Gasteiger partial charge in [-0.25, -0.2) is 0 Å². The van der Waals surface area contributed by atoms with Gasteiger partial charge in [0.2, 0.25) is 5.91 Å². The van der Waals surface area contributed by atoms with Gasteiger partial charge in [0, 0.05) is 5.69 Å². The van der Waals surface area contributed by atoms with Crippen molar-refractivity contribution >= 4 is 11.6 Å².